The van der Waals surface area contributed by atoms with Crippen molar-refractivity contribution >= 4 is 27.8 Å². The summed E-state index contributed by atoms with van der Waals surface area (Å²) in [6.45, 7) is 0. The molecule has 0 radical (unpaired) electrons. The molecular weight excluding hydrogens is 360 g/mol. The number of H-pyrrole nitrogens is 1. The van der Waals surface area contributed by atoms with Gasteiger partial charge in [0.1, 0.15) is 11.6 Å². The Bertz CT molecular complexity index is 1450. The molecule has 0 aromatic carbocycles. The Labute approximate surface area is 156 Å². The molecule has 0 aliphatic heterocycles. The molecule has 0 amide bonds. The van der Waals surface area contributed by atoms with E-state index < -0.39 is 0 Å². The van der Waals surface area contributed by atoms with Gasteiger partial charge < -0.3 is 18.2 Å². The molecule has 0 bridgehead atoms. The van der Waals surface area contributed by atoms with Crippen molar-refractivity contribution < 1.29 is 18.0 Å². The van der Waals surface area contributed by atoms with Crippen LogP contribution in [0.15, 0.2) is 62.3 Å². The van der Waals surface area contributed by atoms with Crippen LogP contribution in [0.1, 0.15) is 21.7 Å². The molecule has 5 aromatic heterocycles. The van der Waals surface area contributed by atoms with Crippen LogP contribution in [0.5, 0.6) is 0 Å². The third-order valence-electron chi connectivity index (χ3n) is 4.43. The Kier molecular flexibility index (Phi) is 3.29. The summed E-state index contributed by atoms with van der Waals surface area (Å²) in [5, 5.41) is 18.4. The third kappa shape index (κ3) is 2.20. The zero-order valence-corrected chi connectivity index (χ0v) is 14.1. The number of nitrogens with zero attached hydrogens (tertiary/aromatic N) is 2. The van der Waals surface area contributed by atoms with E-state index in [0.717, 1.165) is 0 Å². The monoisotopic (exact) mass is 370 g/mol. The van der Waals surface area contributed by atoms with E-state index >= 15 is 0 Å². The zero-order valence-electron chi connectivity index (χ0n) is 14.1. The summed E-state index contributed by atoms with van der Waals surface area (Å²) in [5.41, 5.74) is 0.652. The highest BCUT2D eigenvalue weighted by Gasteiger charge is 2.22. The van der Waals surface area contributed by atoms with Crippen molar-refractivity contribution in [2.45, 2.75) is 0 Å². The molecule has 0 unspecified atom stereocenters. The first-order chi connectivity index (χ1) is 13.7. The Morgan fingerprint density at radius 1 is 1.18 bits per heavy atom. The number of nitrogens with one attached hydrogen (secondary N) is 2. The number of aromatic nitrogens is 2. The molecule has 0 aliphatic rings. The average Bonchev–Trinajstić information content (AvgIpc) is 3.41. The van der Waals surface area contributed by atoms with Crippen LogP contribution < -0.4 is 5.49 Å². The van der Waals surface area contributed by atoms with Crippen molar-refractivity contribution in [3.8, 4) is 17.6 Å². The first kappa shape index (κ1) is 15.8. The van der Waals surface area contributed by atoms with Gasteiger partial charge in [0.25, 0.3) is 0 Å². The van der Waals surface area contributed by atoms with Crippen LogP contribution >= 0.6 is 0 Å². The fourth-order valence-electron chi connectivity index (χ4n) is 3.18. The van der Waals surface area contributed by atoms with Crippen LogP contribution in [-0.2, 0) is 0 Å². The van der Waals surface area contributed by atoms with Gasteiger partial charge in [-0.2, -0.15) is 10.2 Å². The summed E-state index contributed by atoms with van der Waals surface area (Å²) in [4.78, 5) is 20.0. The van der Waals surface area contributed by atoms with E-state index in [4.69, 9.17) is 18.7 Å². The van der Waals surface area contributed by atoms with E-state index in [2.05, 4.69) is 9.97 Å². The number of hydrogen-bond donors (Lipinski definition) is 2. The molecule has 0 saturated carbocycles. The van der Waals surface area contributed by atoms with Crippen LogP contribution in [0.2, 0.25) is 0 Å². The topological polar surface area (TPSA) is 133 Å². The average molecular weight is 370 g/mol. The molecule has 0 fully saturated rings. The fourth-order valence-corrected chi connectivity index (χ4v) is 3.18. The van der Waals surface area contributed by atoms with Gasteiger partial charge >= 0.3 is 0 Å². The highest BCUT2D eigenvalue weighted by atomic mass is 16.4. The Morgan fingerprint density at radius 2 is 2.00 bits per heavy atom. The number of pyridine rings is 2. The second-order valence-electron chi connectivity index (χ2n) is 6.01. The molecule has 8 nitrogen and oxygen atoms in total. The number of furan rings is 2. The summed E-state index contributed by atoms with van der Waals surface area (Å²) in [6, 6.07) is 10.3. The predicted molar refractivity (Wildman–Crippen MR) is 96.3 cm³/mol. The summed E-state index contributed by atoms with van der Waals surface area (Å²) in [6.07, 6.45) is 4.42. The number of carbonyl (C=O) groups excluding carboxylic acids is 1. The third-order valence-corrected chi connectivity index (χ3v) is 4.43. The predicted octanol–water partition coefficient (Wildman–Crippen LogP) is 3.74. The van der Waals surface area contributed by atoms with Gasteiger partial charge in [-0.15, -0.1) is 0 Å². The van der Waals surface area contributed by atoms with E-state index in [1.165, 1.54) is 18.7 Å². The fraction of sp³-hybridized carbons (Fsp3) is 0. The van der Waals surface area contributed by atoms with E-state index in [-0.39, 0.29) is 28.3 Å². The van der Waals surface area contributed by atoms with E-state index in [0.29, 0.717) is 33.4 Å². The molecule has 8 heteroatoms. The van der Waals surface area contributed by atoms with Crippen molar-refractivity contribution in [3.63, 3.8) is 0 Å². The number of nitriles is 1. The highest BCUT2D eigenvalue weighted by molar-refractivity contribution is 6.20. The number of ketones is 1. The van der Waals surface area contributed by atoms with Crippen molar-refractivity contribution in [3.05, 3.63) is 71.4 Å². The van der Waals surface area contributed by atoms with Gasteiger partial charge in [0.05, 0.1) is 29.0 Å². The molecular formula is C20H10N4O4. The minimum Gasteiger partial charge on any atom is -0.461 e. The standard InChI is InChI=1S/C20H10N4O4/c21-8-11-17-16-10(12(9-23-17)18(25)14-4-2-6-27-14)7-15(13-3-1-5-26-13)28-20(16)24-19(11)22/h1-7,9,22-23H. The largest absolute Gasteiger partial charge is 0.461 e. The van der Waals surface area contributed by atoms with Crippen molar-refractivity contribution in [2.75, 3.05) is 0 Å². The lowest BCUT2D eigenvalue weighted by Crippen LogP contribution is -2.13. The molecule has 5 aromatic rings. The van der Waals surface area contributed by atoms with Crippen molar-refractivity contribution in [2.24, 2.45) is 0 Å². The summed E-state index contributed by atoms with van der Waals surface area (Å²) < 4.78 is 16.5. The molecule has 0 atom stereocenters. The number of rotatable bonds is 3. The van der Waals surface area contributed by atoms with Crippen LogP contribution in [0.3, 0.4) is 0 Å². The van der Waals surface area contributed by atoms with Gasteiger partial charge in [0.15, 0.2) is 22.8 Å². The number of hydrogen-bond acceptors (Lipinski definition) is 7. The van der Waals surface area contributed by atoms with E-state index in [1.54, 1.807) is 30.3 Å². The van der Waals surface area contributed by atoms with Crippen molar-refractivity contribution in [1.82, 2.24) is 9.97 Å². The molecule has 28 heavy (non-hydrogen) atoms. The van der Waals surface area contributed by atoms with Gasteiger partial charge in [-0.1, -0.05) is 0 Å². The normalized spacial score (nSPS) is 11.1. The van der Waals surface area contributed by atoms with Crippen LogP contribution in [0.25, 0.3) is 33.5 Å². The Hall–Kier alpha value is -4.38. The van der Waals surface area contributed by atoms with Crippen molar-refractivity contribution in [1.29, 1.82) is 10.7 Å². The van der Waals surface area contributed by atoms with Crippen LogP contribution in [0.4, 0.5) is 0 Å². The maximum Gasteiger partial charge on any atom is 0.231 e. The summed E-state index contributed by atoms with van der Waals surface area (Å²) in [5.74, 6) is 0.626. The lowest BCUT2D eigenvalue weighted by molar-refractivity contribution is 0.101. The Balaban J connectivity index is 1.93. The second-order valence-corrected chi connectivity index (χ2v) is 6.01. The minimum atomic E-state index is -0.338. The number of aromatic amines is 1. The van der Waals surface area contributed by atoms with E-state index in [1.807, 2.05) is 6.07 Å². The lowest BCUT2D eigenvalue weighted by Gasteiger charge is -2.11. The summed E-state index contributed by atoms with van der Waals surface area (Å²) in [7, 11) is 0. The zero-order chi connectivity index (χ0) is 19.3. The molecule has 0 saturated heterocycles. The molecule has 5 rings (SSSR count). The molecule has 0 aliphatic carbocycles. The molecule has 2 N–H and O–H groups in total. The van der Waals surface area contributed by atoms with Crippen LogP contribution in [-0.4, -0.2) is 15.8 Å². The highest BCUT2D eigenvalue weighted by Crippen LogP contribution is 2.33. The molecule has 0 spiro atoms. The smallest absolute Gasteiger partial charge is 0.231 e. The molecule has 134 valence electrons. The van der Waals surface area contributed by atoms with Gasteiger partial charge in [0, 0.05) is 11.6 Å². The van der Waals surface area contributed by atoms with E-state index in [9.17, 15) is 10.1 Å². The SMILES string of the molecule is N#Cc1c(=N)nc2oc(-c3ccco3)cc3c(C(=O)c4ccco4)c[nH]c1c23. The maximum atomic E-state index is 13.0. The quantitative estimate of drug-likeness (QED) is 0.465. The van der Waals surface area contributed by atoms with Gasteiger partial charge in [-0.3, -0.25) is 10.2 Å². The van der Waals surface area contributed by atoms with Crippen LogP contribution in [0, 0.1) is 16.7 Å². The first-order valence-corrected chi connectivity index (χ1v) is 8.23. The Morgan fingerprint density at radius 3 is 2.71 bits per heavy atom. The minimum absolute atomic E-state index is 0.0652. The van der Waals surface area contributed by atoms with Gasteiger partial charge in [-0.05, 0) is 30.3 Å². The van der Waals surface area contributed by atoms with Gasteiger partial charge in [-0.25, -0.2) is 0 Å². The molecule has 5 heterocycles. The first-order valence-electron chi connectivity index (χ1n) is 8.23. The second kappa shape index (κ2) is 5.82. The maximum absolute atomic E-state index is 13.0. The lowest BCUT2D eigenvalue weighted by atomic mass is 10.0. The number of carbonyl (C=O) groups is 1. The summed E-state index contributed by atoms with van der Waals surface area (Å²) >= 11 is 0. The van der Waals surface area contributed by atoms with Gasteiger partial charge in [0.2, 0.25) is 11.5 Å².